The Morgan fingerprint density at radius 1 is 1.17 bits per heavy atom. The fourth-order valence-corrected chi connectivity index (χ4v) is 4.19. The quantitative estimate of drug-likeness (QED) is 0.793. The summed E-state index contributed by atoms with van der Waals surface area (Å²) < 4.78 is 25.5. The lowest BCUT2D eigenvalue weighted by Crippen LogP contribution is -2.46. The molecule has 0 aromatic heterocycles. The Morgan fingerprint density at radius 3 is 1.83 bits per heavy atom. The summed E-state index contributed by atoms with van der Waals surface area (Å²) in [5.41, 5.74) is 0.162. The standard InChI is InChI=1S/C14H29NO2S/c1-12(2,3)14(7)9-11(14)10-15(13(4,5)6)18(8,16)17/h11H,9-10H2,1-8H3/t11-,14-/m0/s1. The average molecular weight is 275 g/mol. The molecule has 4 heteroatoms. The summed E-state index contributed by atoms with van der Waals surface area (Å²) in [6, 6.07) is 0. The number of hydrogen-bond acceptors (Lipinski definition) is 2. The second-order valence-corrected chi connectivity index (χ2v) is 9.94. The van der Waals surface area contributed by atoms with Gasteiger partial charge in [-0.1, -0.05) is 27.7 Å². The lowest BCUT2D eigenvalue weighted by molar-refractivity contribution is 0.179. The van der Waals surface area contributed by atoms with Crippen molar-refractivity contribution in [3.8, 4) is 0 Å². The van der Waals surface area contributed by atoms with Crippen LogP contribution in [0.1, 0.15) is 54.9 Å². The summed E-state index contributed by atoms with van der Waals surface area (Å²) in [5, 5.41) is 0. The largest absolute Gasteiger partial charge is 0.212 e. The molecule has 1 aliphatic carbocycles. The van der Waals surface area contributed by atoms with E-state index in [1.54, 1.807) is 4.31 Å². The summed E-state index contributed by atoms with van der Waals surface area (Å²) in [6.07, 6.45) is 2.44. The third kappa shape index (κ3) is 3.08. The molecule has 0 unspecified atom stereocenters. The molecule has 1 rings (SSSR count). The van der Waals surface area contributed by atoms with Gasteiger partial charge in [0, 0.05) is 12.1 Å². The highest BCUT2D eigenvalue weighted by atomic mass is 32.2. The molecule has 0 bridgehead atoms. The van der Waals surface area contributed by atoms with E-state index < -0.39 is 10.0 Å². The molecule has 1 saturated carbocycles. The molecule has 0 spiro atoms. The van der Waals surface area contributed by atoms with Gasteiger partial charge in [0.15, 0.2) is 0 Å². The molecule has 0 radical (unpaired) electrons. The highest BCUT2D eigenvalue weighted by molar-refractivity contribution is 7.88. The third-order valence-electron chi connectivity index (χ3n) is 4.66. The van der Waals surface area contributed by atoms with Gasteiger partial charge in [0.2, 0.25) is 10.0 Å². The Bertz CT molecular complexity index is 414. The topological polar surface area (TPSA) is 37.4 Å². The van der Waals surface area contributed by atoms with Gasteiger partial charge in [0.1, 0.15) is 0 Å². The highest BCUT2D eigenvalue weighted by Crippen LogP contribution is 2.63. The van der Waals surface area contributed by atoms with Crippen molar-refractivity contribution in [1.29, 1.82) is 0 Å². The van der Waals surface area contributed by atoms with Crippen molar-refractivity contribution in [1.82, 2.24) is 4.31 Å². The first-order chi connectivity index (χ1) is 7.69. The summed E-state index contributed by atoms with van der Waals surface area (Å²) in [4.78, 5) is 0. The van der Waals surface area contributed by atoms with Gasteiger partial charge in [0.25, 0.3) is 0 Å². The summed E-state index contributed by atoms with van der Waals surface area (Å²) in [5.74, 6) is 0.478. The van der Waals surface area contributed by atoms with Gasteiger partial charge in [-0.2, -0.15) is 4.31 Å². The van der Waals surface area contributed by atoms with Crippen LogP contribution in [0.3, 0.4) is 0 Å². The Hall–Kier alpha value is -0.0900. The molecule has 1 aliphatic rings. The van der Waals surface area contributed by atoms with Crippen LogP contribution >= 0.6 is 0 Å². The maximum atomic E-state index is 11.9. The van der Waals surface area contributed by atoms with Crippen LogP contribution in [0.4, 0.5) is 0 Å². The predicted molar refractivity (Wildman–Crippen MR) is 77.0 cm³/mol. The van der Waals surface area contributed by atoms with Crippen molar-refractivity contribution in [3.05, 3.63) is 0 Å². The van der Waals surface area contributed by atoms with E-state index in [0.717, 1.165) is 6.42 Å². The van der Waals surface area contributed by atoms with Gasteiger partial charge < -0.3 is 0 Å². The first kappa shape index (κ1) is 16.0. The van der Waals surface area contributed by atoms with Gasteiger partial charge in [-0.25, -0.2) is 8.42 Å². The SMILES string of the molecule is CC(C)(C)N(C[C@@H]1C[C@]1(C)C(C)(C)C)S(C)(=O)=O. The normalized spacial score (nSPS) is 29.7. The van der Waals surface area contributed by atoms with Gasteiger partial charge in [-0.3, -0.25) is 0 Å². The minimum absolute atomic E-state index is 0.235. The van der Waals surface area contributed by atoms with E-state index in [-0.39, 0.29) is 16.4 Å². The molecule has 0 aromatic rings. The van der Waals surface area contributed by atoms with Crippen molar-refractivity contribution in [2.24, 2.45) is 16.7 Å². The molecule has 0 aromatic carbocycles. The third-order valence-corrected chi connectivity index (χ3v) is 6.16. The van der Waals surface area contributed by atoms with E-state index in [9.17, 15) is 8.42 Å². The molecule has 0 aliphatic heterocycles. The van der Waals surface area contributed by atoms with Crippen molar-refractivity contribution < 1.29 is 8.42 Å². The Labute approximate surface area is 113 Å². The van der Waals surface area contributed by atoms with Crippen molar-refractivity contribution in [2.75, 3.05) is 12.8 Å². The van der Waals surface area contributed by atoms with Crippen LogP contribution in [0.5, 0.6) is 0 Å². The van der Waals surface area contributed by atoms with Crippen LogP contribution in [-0.2, 0) is 10.0 Å². The van der Waals surface area contributed by atoms with Crippen LogP contribution in [0, 0.1) is 16.7 Å². The summed E-state index contributed by atoms with van der Waals surface area (Å²) in [6.45, 7) is 15.6. The Balaban J connectivity index is 2.86. The van der Waals surface area contributed by atoms with E-state index in [1.807, 2.05) is 20.8 Å². The Morgan fingerprint density at radius 2 is 1.61 bits per heavy atom. The first-order valence-electron chi connectivity index (χ1n) is 6.67. The van der Waals surface area contributed by atoms with E-state index >= 15 is 0 Å². The molecule has 0 saturated heterocycles. The van der Waals surface area contributed by atoms with Gasteiger partial charge in [0.05, 0.1) is 6.26 Å². The van der Waals surface area contributed by atoms with Crippen molar-refractivity contribution >= 4 is 10.0 Å². The maximum Gasteiger partial charge on any atom is 0.211 e. The second-order valence-electron chi connectivity index (χ2n) is 8.03. The second kappa shape index (κ2) is 4.20. The molecule has 2 atom stereocenters. The smallest absolute Gasteiger partial charge is 0.211 e. The molecule has 108 valence electrons. The van der Waals surface area contributed by atoms with Crippen molar-refractivity contribution in [2.45, 2.75) is 60.4 Å². The van der Waals surface area contributed by atoms with E-state index in [4.69, 9.17) is 0 Å². The van der Waals surface area contributed by atoms with E-state index in [1.165, 1.54) is 6.26 Å². The summed E-state index contributed by atoms with van der Waals surface area (Å²) in [7, 11) is -3.14. The molecular weight excluding hydrogens is 246 g/mol. The molecule has 3 nitrogen and oxygen atoms in total. The zero-order valence-corrected chi connectivity index (χ0v) is 14.0. The van der Waals surface area contributed by atoms with E-state index in [2.05, 4.69) is 27.7 Å². The molecule has 18 heavy (non-hydrogen) atoms. The molecule has 0 N–H and O–H groups in total. The molecule has 0 amide bonds. The fourth-order valence-electron chi connectivity index (χ4n) is 2.74. The predicted octanol–water partition coefficient (Wildman–Crippen LogP) is 3.12. The van der Waals surface area contributed by atoms with E-state index in [0.29, 0.717) is 12.5 Å². The van der Waals surface area contributed by atoms with Crippen LogP contribution in [0.25, 0.3) is 0 Å². The van der Waals surface area contributed by atoms with Crippen LogP contribution in [-0.4, -0.2) is 31.1 Å². The number of hydrogen-bond donors (Lipinski definition) is 0. The lowest BCUT2D eigenvalue weighted by Gasteiger charge is -2.35. The number of rotatable bonds is 3. The van der Waals surface area contributed by atoms with Crippen LogP contribution in [0.2, 0.25) is 0 Å². The minimum Gasteiger partial charge on any atom is -0.212 e. The Kier molecular flexibility index (Phi) is 3.73. The zero-order chi connectivity index (χ0) is 14.6. The van der Waals surface area contributed by atoms with Crippen molar-refractivity contribution in [3.63, 3.8) is 0 Å². The van der Waals surface area contributed by atoms with Gasteiger partial charge in [-0.05, 0) is 43.9 Å². The fraction of sp³-hybridized carbons (Fsp3) is 1.00. The molecule has 1 fully saturated rings. The zero-order valence-electron chi connectivity index (χ0n) is 13.2. The van der Waals surface area contributed by atoms with Crippen LogP contribution in [0.15, 0.2) is 0 Å². The number of sulfonamides is 1. The lowest BCUT2D eigenvalue weighted by atomic mass is 9.77. The highest BCUT2D eigenvalue weighted by Gasteiger charge is 2.58. The number of nitrogens with zero attached hydrogens (tertiary/aromatic N) is 1. The molecule has 0 heterocycles. The van der Waals surface area contributed by atoms with Gasteiger partial charge >= 0.3 is 0 Å². The average Bonchev–Trinajstić information content (AvgIpc) is 2.69. The molecular formula is C14H29NO2S. The first-order valence-corrected chi connectivity index (χ1v) is 8.52. The minimum atomic E-state index is -3.14. The maximum absolute atomic E-state index is 11.9. The van der Waals surface area contributed by atoms with Crippen LogP contribution < -0.4 is 0 Å². The van der Waals surface area contributed by atoms with Gasteiger partial charge in [-0.15, -0.1) is 0 Å². The summed E-state index contributed by atoms with van der Waals surface area (Å²) >= 11 is 0. The monoisotopic (exact) mass is 275 g/mol.